The molecule has 2 aliphatic rings. The van der Waals surface area contributed by atoms with E-state index >= 15 is 0 Å². The first kappa shape index (κ1) is 18.7. The summed E-state index contributed by atoms with van der Waals surface area (Å²) in [5.74, 6) is -1.06. The van der Waals surface area contributed by atoms with Crippen molar-refractivity contribution in [3.05, 3.63) is 0 Å². The first-order valence-corrected chi connectivity index (χ1v) is 8.93. The summed E-state index contributed by atoms with van der Waals surface area (Å²) in [4.78, 5) is 37.8. The van der Waals surface area contributed by atoms with Crippen LogP contribution >= 0.6 is 0 Å². The number of nitrogens with one attached hydrogen (secondary N) is 2. The third kappa shape index (κ3) is 4.93. The summed E-state index contributed by atoms with van der Waals surface area (Å²) in [7, 11) is 0. The molecule has 7 heteroatoms. The Hall–Kier alpha value is -1.63. The van der Waals surface area contributed by atoms with Crippen LogP contribution in [0.1, 0.15) is 46.0 Å². The molecule has 0 saturated carbocycles. The maximum absolute atomic E-state index is 12.4. The van der Waals surface area contributed by atoms with Gasteiger partial charge in [0.15, 0.2) is 0 Å². The molecule has 2 atom stereocenters. The van der Waals surface area contributed by atoms with Gasteiger partial charge in [-0.2, -0.15) is 0 Å². The highest BCUT2D eigenvalue weighted by atomic mass is 16.4. The maximum Gasteiger partial charge on any atom is 0.326 e. The van der Waals surface area contributed by atoms with Gasteiger partial charge >= 0.3 is 5.97 Å². The van der Waals surface area contributed by atoms with E-state index in [1.165, 1.54) is 0 Å². The van der Waals surface area contributed by atoms with Crippen LogP contribution in [0.5, 0.6) is 0 Å². The van der Waals surface area contributed by atoms with Gasteiger partial charge in [0.2, 0.25) is 11.8 Å². The number of amides is 2. The molecule has 0 aliphatic carbocycles. The summed E-state index contributed by atoms with van der Waals surface area (Å²) in [5, 5.41) is 15.1. The number of carbonyl (C=O) groups excluding carboxylic acids is 2. The van der Waals surface area contributed by atoms with E-state index in [0.29, 0.717) is 32.4 Å². The molecule has 0 aromatic heterocycles. The largest absolute Gasteiger partial charge is 0.480 e. The van der Waals surface area contributed by atoms with Crippen LogP contribution in [0.25, 0.3) is 0 Å². The Bertz CT molecular complexity index is 466. The van der Waals surface area contributed by atoms with E-state index in [9.17, 15) is 19.5 Å². The zero-order valence-corrected chi connectivity index (χ0v) is 14.6. The Balaban J connectivity index is 1.81. The highest BCUT2D eigenvalue weighted by Gasteiger charge is 2.33. The second kappa shape index (κ2) is 8.46. The average Bonchev–Trinajstić information content (AvgIpc) is 3.07. The van der Waals surface area contributed by atoms with E-state index < -0.39 is 12.0 Å². The van der Waals surface area contributed by atoms with E-state index in [-0.39, 0.29) is 29.7 Å². The molecule has 2 unspecified atom stereocenters. The minimum Gasteiger partial charge on any atom is -0.480 e. The van der Waals surface area contributed by atoms with Crippen molar-refractivity contribution < 1.29 is 19.5 Å². The van der Waals surface area contributed by atoms with Crippen LogP contribution < -0.4 is 10.6 Å². The van der Waals surface area contributed by atoms with Crippen LogP contribution in [0.4, 0.5) is 0 Å². The predicted molar refractivity (Wildman–Crippen MR) is 89.4 cm³/mol. The monoisotopic (exact) mass is 339 g/mol. The van der Waals surface area contributed by atoms with Gasteiger partial charge in [0.1, 0.15) is 6.04 Å². The zero-order chi connectivity index (χ0) is 17.7. The van der Waals surface area contributed by atoms with Crippen molar-refractivity contribution >= 4 is 17.8 Å². The van der Waals surface area contributed by atoms with Crippen LogP contribution in [-0.4, -0.2) is 59.5 Å². The van der Waals surface area contributed by atoms with Crippen LogP contribution in [0.2, 0.25) is 0 Å². The van der Waals surface area contributed by atoms with E-state index in [4.69, 9.17) is 0 Å². The topological polar surface area (TPSA) is 98.7 Å². The average molecular weight is 339 g/mol. The van der Waals surface area contributed by atoms with Crippen LogP contribution in [-0.2, 0) is 14.4 Å². The van der Waals surface area contributed by atoms with E-state index in [1.54, 1.807) is 0 Å². The van der Waals surface area contributed by atoms with Crippen molar-refractivity contribution in [3.8, 4) is 0 Å². The highest BCUT2D eigenvalue weighted by Crippen LogP contribution is 2.20. The first-order chi connectivity index (χ1) is 11.4. The number of rotatable bonds is 6. The Kier molecular flexibility index (Phi) is 6.60. The van der Waals surface area contributed by atoms with Gasteiger partial charge in [-0.25, -0.2) is 4.79 Å². The van der Waals surface area contributed by atoms with Gasteiger partial charge in [-0.1, -0.05) is 13.8 Å². The Morgan fingerprint density at radius 3 is 2.38 bits per heavy atom. The minimum absolute atomic E-state index is 0.0715. The van der Waals surface area contributed by atoms with Gasteiger partial charge < -0.3 is 20.6 Å². The lowest BCUT2D eigenvalue weighted by Crippen LogP contribution is -2.50. The molecule has 2 heterocycles. The molecule has 7 nitrogen and oxygen atoms in total. The smallest absolute Gasteiger partial charge is 0.326 e. The molecule has 2 fully saturated rings. The second-order valence-corrected chi connectivity index (χ2v) is 7.28. The summed E-state index contributed by atoms with van der Waals surface area (Å²) in [5.41, 5.74) is 0. The fourth-order valence-electron chi connectivity index (χ4n) is 3.46. The number of hydrogen-bond donors (Lipinski definition) is 3. The third-order valence-corrected chi connectivity index (χ3v) is 4.86. The van der Waals surface area contributed by atoms with Crippen molar-refractivity contribution in [2.24, 2.45) is 11.8 Å². The van der Waals surface area contributed by atoms with Crippen LogP contribution in [0.15, 0.2) is 0 Å². The molecule has 0 aromatic rings. The Morgan fingerprint density at radius 1 is 1.21 bits per heavy atom. The van der Waals surface area contributed by atoms with Gasteiger partial charge in [-0.05, 0) is 44.6 Å². The van der Waals surface area contributed by atoms with E-state index in [2.05, 4.69) is 10.6 Å². The van der Waals surface area contributed by atoms with E-state index in [1.807, 2.05) is 18.7 Å². The fourth-order valence-corrected chi connectivity index (χ4v) is 3.46. The summed E-state index contributed by atoms with van der Waals surface area (Å²) in [6.45, 7) is 5.89. The SMILES string of the molecule is CC(C)CC(NC(=O)C1CCN(C(=O)C2CCCN2)CC1)C(=O)O. The number of hydrogen-bond acceptors (Lipinski definition) is 4. The van der Waals surface area contributed by atoms with Gasteiger partial charge in [0.05, 0.1) is 6.04 Å². The number of carboxylic acid groups (broad SMARTS) is 1. The lowest BCUT2D eigenvalue weighted by atomic mass is 9.94. The lowest BCUT2D eigenvalue weighted by Gasteiger charge is -2.33. The second-order valence-electron chi connectivity index (χ2n) is 7.28. The standard InChI is InChI=1S/C17H29N3O4/c1-11(2)10-14(17(23)24)19-15(21)12-5-8-20(9-6-12)16(22)13-4-3-7-18-13/h11-14,18H,3-10H2,1-2H3,(H,19,21)(H,23,24). The van der Waals surface area contributed by atoms with Gasteiger partial charge in [-0.15, -0.1) is 0 Å². The molecule has 136 valence electrons. The number of carbonyl (C=O) groups is 3. The number of nitrogens with zero attached hydrogens (tertiary/aromatic N) is 1. The summed E-state index contributed by atoms with van der Waals surface area (Å²) >= 11 is 0. The molecule has 0 radical (unpaired) electrons. The highest BCUT2D eigenvalue weighted by molar-refractivity contribution is 5.86. The van der Waals surface area contributed by atoms with Crippen molar-refractivity contribution in [2.75, 3.05) is 19.6 Å². The molecule has 24 heavy (non-hydrogen) atoms. The molecule has 2 rings (SSSR count). The molecule has 2 aliphatic heterocycles. The molecule has 2 saturated heterocycles. The van der Waals surface area contributed by atoms with Crippen molar-refractivity contribution in [1.29, 1.82) is 0 Å². The van der Waals surface area contributed by atoms with E-state index in [0.717, 1.165) is 19.4 Å². The Labute approximate surface area is 143 Å². The fraction of sp³-hybridized carbons (Fsp3) is 0.824. The summed E-state index contributed by atoms with van der Waals surface area (Å²) in [6.07, 6.45) is 3.53. The summed E-state index contributed by atoms with van der Waals surface area (Å²) in [6, 6.07) is -0.905. The normalized spacial score (nSPS) is 23.3. The molecule has 2 amide bonds. The lowest BCUT2D eigenvalue weighted by molar-refractivity contribution is -0.143. The molecule has 0 bridgehead atoms. The third-order valence-electron chi connectivity index (χ3n) is 4.86. The Morgan fingerprint density at radius 2 is 1.88 bits per heavy atom. The minimum atomic E-state index is -0.989. The molecule has 0 aromatic carbocycles. The molecule has 3 N–H and O–H groups in total. The van der Waals surface area contributed by atoms with Gasteiger partial charge in [0.25, 0.3) is 0 Å². The maximum atomic E-state index is 12.4. The van der Waals surface area contributed by atoms with Crippen molar-refractivity contribution in [2.45, 2.75) is 58.0 Å². The number of aliphatic carboxylic acids is 1. The number of carboxylic acids is 1. The quantitative estimate of drug-likeness (QED) is 0.658. The van der Waals surface area contributed by atoms with Crippen molar-refractivity contribution in [3.63, 3.8) is 0 Å². The first-order valence-electron chi connectivity index (χ1n) is 8.93. The van der Waals surface area contributed by atoms with Crippen LogP contribution in [0, 0.1) is 11.8 Å². The summed E-state index contributed by atoms with van der Waals surface area (Å²) < 4.78 is 0. The van der Waals surface area contributed by atoms with Gasteiger partial charge in [-0.3, -0.25) is 9.59 Å². The molecular formula is C17H29N3O4. The number of piperidine rings is 1. The molecule has 0 spiro atoms. The van der Waals surface area contributed by atoms with Gasteiger partial charge in [0, 0.05) is 19.0 Å². The van der Waals surface area contributed by atoms with Crippen LogP contribution in [0.3, 0.4) is 0 Å². The molecular weight excluding hydrogens is 310 g/mol. The van der Waals surface area contributed by atoms with Crippen molar-refractivity contribution in [1.82, 2.24) is 15.5 Å². The number of likely N-dealkylation sites (tertiary alicyclic amines) is 1. The predicted octanol–water partition coefficient (Wildman–Crippen LogP) is 0.593. The zero-order valence-electron chi connectivity index (χ0n) is 14.6.